The normalized spacial score (nSPS) is 11.2. The van der Waals surface area contributed by atoms with Crippen LogP contribution in [0.3, 0.4) is 0 Å². The van der Waals surface area contributed by atoms with Gasteiger partial charge < -0.3 is 0 Å². The van der Waals surface area contributed by atoms with E-state index in [2.05, 4.69) is 15.9 Å². The smallest absolute Gasteiger partial charge is 0.173 e. The Balaban J connectivity index is 2.01. The van der Waals surface area contributed by atoms with Gasteiger partial charge in [0, 0.05) is 11.1 Å². The third-order valence-electron chi connectivity index (χ3n) is 3.57. The third kappa shape index (κ3) is 1.95. The van der Waals surface area contributed by atoms with Gasteiger partial charge in [0.2, 0.25) is 0 Å². The molecule has 0 aliphatic heterocycles. The predicted molar refractivity (Wildman–Crippen MR) is 83.9 cm³/mol. The van der Waals surface area contributed by atoms with Gasteiger partial charge in [-0.3, -0.25) is 9.59 Å². The van der Waals surface area contributed by atoms with Crippen LogP contribution in [0, 0.1) is 0 Å². The number of hydrogen-bond acceptors (Lipinski definition) is 2. The minimum atomic E-state index is -0.0627. The topological polar surface area (TPSA) is 34.1 Å². The molecule has 0 spiro atoms. The van der Waals surface area contributed by atoms with Gasteiger partial charge in [-0.2, -0.15) is 0 Å². The number of halogens is 1. The van der Waals surface area contributed by atoms with Crippen molar-refractivity contribution in [2.45, 2.75) is 6.32 Å². The Morgan fingerprint density at radius 3 is 1.80 bits per heavy atom. The number of benzene rings is 2. The second-order valence-corrected chi connectivity index (χ2v) is 5.27. The standard InChI is InChI=1S/C16H10BBrO2/c17-7-15(19)9-1-3-11-13(5-9)12-4-2-10(6-14(11)12)16(20)8-18/h1-6H,7-8H2. The summed E-state index contributed by atoms with van der Waals surface area (Å²) in [5, 5.41) is 0.322. The highest BCUT2D eigenvalue weighted by Crippen LogP contribution is 2.47. The van der Waals surface area contributed by atoms with Crippen molar-refractivity contribution in [2.24, 2.45) is 0 Å². The van der Waals surface area contributed by atoms with Gasteiger partial charge in [-0.05, 0) is 40.7 Å². The average Bonchev–Trinajstić information content (AvgIpc) is 2.50. The SMILES string of the molecule is [B]CC(=O)c1ccc2c(c1)-c1ccc(C(=O)CBr)cc1-2. The molecular formula is C16H10BBrO2. The number of hydrogen-bond donors (Lipinski definition) is 0. The van der Waals surface area contributed by atoms with Crippen LogP contribution in [-0.4, -0.2) is 24.7 Å². The van der Waals surface area contributed by atoms with E-state index in [1.165, 1.54) is 0 Å². The molecule has 1 aliphatic carbocycles. The van der Waals surface area contributed by atoms with Gasteiger partial charge in [0.1, 0.15) is 0 Å². The molecule has 4 heteroatoms. The lowest BCUT2D eigenvalue weighted by Crippen LogP contribution is -2.06. The maximum Gasteiger partial charge on any atom is 0.173 e. The molecular weight excluding hydrogens is 315 g/mol. The Kier molecular flexibility index (Phi) is 3.34. The first-order valence-electron chi connectivity index (χ1n) is 6.27. The van der Waals surface area contributed by atoms with E-state index >= 15 is 0 Å². The summed E-state index contributed by atoms with van der Waals surface area (Å²) in [6, 6.07) is 11.2. The molecule has 2 radical (unpaired) electrons. The molecule has 0 aromatic heterocycles. The molecule has 0 saturated carbocycles. The van der Waals surface area contributed by atoms with Crippen molar-refractivity contribution in [3.63, 3.8) is 0 Å². The van der Waals surface area contributed by atoms with Crippen LogP contribution in [-0.2, 0) is 0 Å². The Bertz CT molecular complexity index is 659. The Hall–Kier alpha value is -1.68. The Morgan fingerprint density at radius 1 is 0.850 bits per heavy atom. The van der Waals surface area contributed by atoms with Crippen molar-refractivity contribution in [1.29, 1.82) is 0 Å². The number of carbonyl (C=O) groups excluding carboxylic acids is 2. The van der Waals surface area contributed by atoms with Crippen LogP contribution in [0.25, 0.3) is 22.3 Å². The van der Waals surface area contributed by atoms with E-state index in [0.29, 0.717) is 16.5 Å². The second-order valence-electron chi connectivity index (χ2n) is 4.70. The molecule has 0 saturated heterocycles. The molecule has 0 N–H and O–H groups in total. The lowest BCUT2D eigenvalue weighted by molar-refractivity contribution is 0.101. The molecule has 0 amide bonds. The molecule has 0 heterocycles. The van der Waals surface area contributed by atoms with E-state index in [1.54, 1.807) is 6.07 Å². The minimum absolute atomic E-state index is 0.0182. The van der Waals surface area contributed by atoms with Crippen molar-refractivity contribution in [1.82, 2.24) is 0 Å². The highest BCUT2D eigenvalue weighted by Gasteiger charge is 2.24. The number of rotatable bonds is 4. The zero-order valence-corrected chi connectivity index (χ0v) is 12.2. The molecule has 0 fully saturated rings. The molecule has 2 aromatic rings. The summed E-state index contributed by atoms with van der Waals surface area (Å²) < 4.78 is 0. The van der Waals surface area contributed by atoms with E-state index in [0.717, 1.165) is 22.3 Å². The van der Waals surface area contributed by atoms with Crippen molar-refractivity contribution in [2.75, 3.05) is 5.33 Å². The molecule has 0 unspecified atom stereocenters. The number of Topliss-reactive ketones (excluding diaryl/α,β-unsaturated/α-hetero) is 2. The molecule has 96 valence electrons. The summed E-state index contributed by atoms with van der Waals surface area (Å²) in [6.45, 7) is 0. The van der Waals surface area contributed by atoms with Crippen LogP contribution < -0.4 is 0 Å². The van der Waals surface area contributed by atoms with E-state index in [-0.39, 0.29) is 17.9 Å². The summed E-state index contributed by atoms with van der Waals surface area (Å²) >= 11 is 3.18. The van der Waals surface area contributed by atoms with Gasteiger partial charge >= 0.3 is 0 Å². The van der Waals surface area contributed by atoms with E-state index in [1.807, 2.05) is 30.3 Å². The predicted octanol–water partition coefficient (Wildman–Crippen LogP) is 3.68. The summed E-state index contributed by atoms with van der Waals surface area (Å²) in [7, 11) is 5.38. The zero-order valence-electron chi connectivity index (χ0n) is 10.7. The molecule has 0 atom stereocenters. The number of carbonyl (C=O) groups is 2. The van der Waals surface area contributed by atoms with Crippen LogP contribution >= 0.6 is 15.9 Å². The number of alkyl halides is 1. The van der Waals surface area contributed by atoms with Gasteiger partial charge in [0.15, 0.2) is 11.6 Å². The number of ketones is 2. The fourth-order valence-electron chi connectivity index (χ4n) is 2.48. The van der Waals surface area contributed by atoms with Gasteiger partial charge in [-0.25, -0.2) is 0 Å². The van der Waals surface area contributed by atoms with Gasteiger partial charge in [-0.15, -0.1) is 0 Å². The minimum Gasteiger partial charge on any atom is -0.295 e. The van der Waals surface area contributed by atoms with Crippen LogP contribution in [0.1, 0.15) is 20.7 Å². The van der Waals surface area contributed by atoms with Gasteiger partial charge in [-0.1, -0.05) is 40.2 Å². The lowest BCUT2D eigenvalue weighted by atomic mass is 9.78. The van der Waals surface area contributed by atoms with Crippen molar-refractivity contribution < 1.29 is 9.59 Å². The first-order chi connectivity index (χ1) is 9.65. The maximum absolute atomic E-state index is 11.7. The van der Waals surface area contributed by atoms with Crippen LogP contribution in [0.4, 0.5) is 0 Å². The highest BCUT2D eigenvalue weighted by atomic mass is 79.9. The summed E-state index contributed by atoms with van der Waals surface area (Å²) in [5.41, 5.74) is 5.62. The largest absolute Gasteiger partial charge is 0.295 e. The lowest BCUT2D eigenvalue weighted by Gasteiger charge is -2.25. The summed E-state index contributed by atoms with van der Waals surface area (Å²) in [4.78, 5) is 23.3. The fourth-order valence-corrected chi connectivity index (χ4v) is 2.81. The summed E-state index contributed by atoms with van der Waals surface area (Å²) in [6.07, 6.45) is 0.0182. The molecule has 3 rings (SSSR count). The summed E-state index contributed by atoms with van der Waals surface area (Å²) in [5.74, 6) is 0.00326. The van der Waals surface area contributed by atoms with Crippen molar-refractivity contribution in [3.05, 3.63) is 47.5 Å². The highest BCUT2D eigenvalue weighted by molar-refractivity contribution is 9.09. The molecule has 20 heavy (non-hydrogen) atoms. The molecule has 0 bridgehead atoms. The van der Waals surface area contributed by atoms with Crippen LogP contribution in [0.5, 0.6) is 0 Å². The second kappa shape index (κ2) is 5.02. The fraction of sp³-hybridized carbons (Fsp3) is 0.125. The van der Waals surface area contributed by atoms with Gasteiger partial charge in [0.05, 0.1) is 13.2 Å². The van der Waals surface area contributed by atoms with Crippen LogP contribution in [0.15, 0.2) is 36.4 Å². The Labute approximate surface area is 126 Å². The molecule has 2 nitrogen and oxygen atoms in total. The van der Waals surface area contributed by atoms with E-state index in [4.69, 9.17) is 7.85 Å². The zero-order chi connectivity index (χ0) is 14.3. The van der Waals surface area contributed by atoms with Crippen molar-refractivity contribution >= 4 is 35.3 Å². The Morgan fingerprint density at radius 2 is 1.35 bits per heavy atom. The van der Waals surface area contributed by atoms with E-state index in [9.17, 15) is 9.59 Å². The first-order valence-corrected chi connectivity index (χ1v) is 7.39. The first kappa shape index (κ1) is 13.3. The van der Waals surface area contributed by atoms with Crippen molar-refractivity contribution in [3.8, 4) is 22.3 Å². The molecule has 1 aliphatic rings. The number of fused-ring (bicyclic) bond motifs is 4. The maximum atomic E-state index is 11.7. The monoisotopic (exact) mass is 324 g/mol. The van der Waals surface area contributed by atoms with Gasteiger partial charge in [0.25, 0.3) is 0 Å². The van der Waals surface area contributed by atoms with E-state index < -0.39 is 0 Å². The molecule has 2 aromatic carbocycles. The van der Waals surface area contributed by atoms with Crippen LogP contribution in [0.2, 0.25) is 6.32 Å². The average molecular weight is 325 g/mol. The third-order valence-corrected chi connectivity index (χ3v) is 4.08. The quantitative estimate of drug-likeness (QED) is 0.417.